The van der Waals surface area contributed by atoms with Gasteiger partial charge in [-0.1, -0.05) is 0 Å². The molecule has 1 saturated carbocycles. The third-order valence-corrected chi connectivity index (χ3v) is 5.77. The van der Waals surface area contributed by atoms with E-state index in [-0.39, 0.29) is 11.4 Å². The number of hydrogen-bond donors (Lipinski definition) is 3. The summed E-state index contributed by atoms with van der Waals surface area (Å²) in [6, 6.07) is 2.72. The fourth-order valence-corrected chi connectivity index (χ4v) is 3.98. The molecule has 1 saturated heterocycles. The van der Waals surface area contributed by atoms with E-state index in [1.807, 2.05) is 9.88 Å². The van der Waals surface area contributed by atoms with E-state index in [1.54, 1.807) is 15.6 Å². The lowest BCUT2D eigenvalue weighted by molar-refractivity contribution is 0.0716. The monoisotopic (exact) mass is 459 g/mol. The van der Waals surface area contributed by atoms with Crippen molar-refractivity contribution in [3.63, 3.8) is 0 Å². The van der Waals surface area contributed by atoms with Gasteiger partial charge in [-0.25, -0.2) is 14.0 Å². The van der Waals surface area contributed by atoms with Crippen LogP contribution in [0.25, 0.3) is 10.9 Å². The first-order valence-electron chi connectivity index (χ1n) is 10.4. The molecule has 0 radical (unpaired) electrons. The van der Waals surface area contributed by atoms with Crippen LogP contribution in [0.4, 0.5) is 14.5 Å². The summed E-state index contributed by atoms with van der Waals surface area (Å²) in [5, 5.41) is 3.18. The Balaban J connectivity index is 1.61. The Hall–Kier alpha value is -3.80. The largest absolute Gasteiger partial charge is 0.402 e. The lowest BCUT2D eigenvalue weighted by atomic mass is 10.1. The average Bonchev–Trinajstić information content (AvgIpc) is 3.63. The molecular weight excluding hydrogens is 440 g/mol. The quantitative estimate of drug-likeness (QED) is 0.488. The van der Waals surface area contributed by atoms with Gasteiger partial charge in [-0.15, -0.1) is 0 Å². The molecule has 5 rings (SSSR count). The Kier molecular flexibility index (Phi) is 5.08. The highest BCUT2D eigenvalue weighted by Crippen LogP contribution is 2.38. The first-order valence-corrected chi connectivity index (χ1v) is 10.4. The molecule has 172 valence electrons. The van der Waals surface area contributed by atoms with Crippen LogP contribution in [0, 0.1) is 11.6 Å². The van der Waals surface area contributed by atoms with Crippen molar-refractivity contribution in [2.45, 2.75) is 18.9 Å². The maximum atomic E-state index is 15.0. The molecule has 12 heteroatoms. The average molecular weight is 459 g/mol. The van der Waals surface area contributed by atoms with E-state index >= 15 is 4.39 Å². The van der Waals surface area contributed by atoms with E-state index in [4.69, 9.17) is 4.74 Å². The molecule has 3 aromatic rings. The van der Waals surface area contributed by atoms with Gasteiger partial charge in [0.2, 0.25) is 17.1 Å². The number of aromatic nitrogens is 3. The maximum Gasteiger partial charge on any atom is 0.350 e. The SMILES string of the molecule is O=C(Oc1[nH]c(=O)[nH]c(=O)c1F)c1cn(C2CC2)c2cc(N3CCNCC3)c(F)cc2c1=O. The van der Waals surface area contributed by atoms with Crippen molar-refractivity contribution in [1.29, 1.82) is 0 Å². The highest BCUT2D eigenvalue weighted by atomic mass is 19.1. The second-order valence-electron chi connectivity index (χ2n) is 8.01. The third-order valence-electron chi connectivity index (χ3n) is 5.77. The highest BCUT2D eigenvalue weighted by molar-refractivity contribution is 5.95. The molecule has 10 nitrogen and oxygen atoms in total. The molecule has 2 fully saturated rings. The number of piperazine rings is 1. The molecule has 0 amide bonds. The minimum atomic E-state index is -1.52. The zero-order valence-corrected chi connectivity index (χ0v) is 17.2. The lowest BCUT2D eigenvalue weighted by Gasteiger charge is -2.30. The van der Waals surface area contributed by atoms with E-state index in [2.05, 4.69) is 5.32 Å². The standard InChI is InChI=1S/C21H19F2N5O5/c22-13-7-11-14(8-15(13)27-5-3-24-4-6-27)28(10-1-2-10)9-12(17(11)29)20(31)33-19-16(23)18(30)25-21(32)26-19/h7-10,24H,1-6H2,(H2,25,26,30,32). The lowest BCUT2D eigenvalue weighted by Crippen LogP contribution is -2.43. The number of nitrogens with one attached hydrogen (secondary N) is 3. The van der Waals surface area contributed by atoms with E-state index in [0.29, 0.717) is 37.4 Å². The van der Waals surface area contributed by atoms with Gasteiger partial charge in [-0.3, -0.25) is 19.6 Å². The highest BCUT2D eigenvalue weighted by Gasteiger charge is 2.29. The summed E-state index contributed by atoms with van der Waals surface area (Å²) in [6.45, 7) is 2.64. The molecule has 33 heavy (non-hydrogen) atoms. The number of halogens is 2. The van der Waals surface area contributed by atoms with Gasteiger partial charge in [-0.2, -0.15) is 4.39 Å². The van der Waals surface area contributed by atoms with Crippen LogP contribution in [-0.4, -0.2) is 46.7 Å². The van der Waals surface area contributed by atoms with Crippen LogP contribution in [0.2, 0.25) is 0 Å². The fourth-order valence-electron chi connectivity index (χ4n) is 3.98. The van der Waals surface area contributed by atoms with E-state index in [9.17, 15) is 23.6 Å². The predicted molar refractivity (Wildman–Crippen MR) is 114 cm³/mol. The van der Waals surface area contributed by atoms with Crippen LogP contribution in [0.15, 0.2) is 32.7 Å². The summed E-state index contributed by atoms with van der Waals surface area (Å²) in [7, 11) is 0. The smallest absolute Gasteiger partial charge is 0.350 e. The number of ether oxygens (including phenoxy) is 1. The Labute approximate surface area is 183 Å². The second-order valence-corrected chi connectivity index (χ2v) is 8.01. The summed E-state index contributed by atoms with van der Waals surface area (Å²) < 4.78 is 35.5. The minimum absolute atomic E-state index is 0.0112. The van der Waals surface area contributed by atoms with Crippen molar-refractivity contribution in [2.75, 3.05) is 31.1 Å². The van der Waals surface area contributed by atoms with E-state index < -0.39 is 45.7 Å². The molecular formula is C21H19F2N5O5. The van der Waals surface area contributed by atoms with Gasteiger partial charge in [-0.05, 0) is 25.0 Å². The normalized spacial score (nSPS) is 16.2. The van der Waals surface area contributed by atoms with Crippen LogP contribution in [-0.2, 0) is 0 Å². The number of benzene rings is 1. The second kappa shape index (κ2) is 7.96. The number of esters is 1. The van der Waals surface area contributed by atoms with Gasteiger partial charge in [0, 0.05) is 43.8 Å². The number of carbonyl (C=O) groups is 1. The van der Waals surface area contributed by atoms with Gasteiger partial charge < -0.3 is 19.5 Å². The topological polar surface area (TPSA) is 129 Å². The van der Waals surface area contributed by atoms with Crippen LogP contribution >= 0.6 is 0 Å². The number of H-pyrrole nitrogens is 2. The first kappa shape index (κ1) is 21.1. The number of anilines is 1. The van der Waals surface area contributed by atoms with Crippen LogP contribution in [0.3, 0.4) is 0 Å². The molecule has 1 aliphatic carbocycles. The van der Waals surface area contributed by atoms with Gasteiger partial charge in [0.25, 0.3) is 5.56 Å². The Morgan fingerprint density at radius 1 is 1.06 bits per heavy atom. The molecule has 3 heterocycles. The molecule has 0 unspecified atom stereocenters. The summed E-state index contributed by atoms with van der Waals surface area (Å²) in [4.78, 5) is 54.0. The van der Waals surface area contributed by atoms with Crippen molar-refractivity contribution < 1.29 is 18.3 Å². The molecule has 0 spiro atoms. The number of fused-ring (bicyclic) bond motifs is 1. The van der Waals surface area contributed by atoms with Gasteiger partial charge in [0.05, 0.1) is 11.2 Å². The molecule has 1 aromatic carbocycles. The molecule has 0 bridgehead atoms. The number of pyridine rings is 1. The van der Waals surface area contributed by atoms with Crippen molar-refractivity contribution in [1.82, 2.24) is 19.9 Å². The first-order chi connectivity index (χ1) is 15.8. The summed E-state index contributed by atoms with van der Waals surface area (Å²) in [5.41, 5.74) is -2.88. The van der Waals surface area contributed by atoms with Crippen molar-refractivity contribution >= 4 is 22.6 Å². The Morgan fingerprint density at radius 3 is 2.48 bits per heavy atom. The van der Waals surface area contributed by atoms with Crippen molar-refractivity contribution in [2.24, 2.45) is 0 Å². The third kappa shape index (κ3) is 3.82. The van der Waals surface area contributed by atoms with Gasteiger partial charge in [0.1, 0.15) is 11.4 Å². The molecule has 1 aliphatic heterocycles. The fraction of sp³-hybridized carbons (Fsp3) is 0.333. The number of hydrogen-bond acceptors (Lipinski definition) is 7. The Bertz CT molecular complexity index is 1450. The molecule has 3 N–H and O–H groups in total. The van der Waals surface area contributed by atoms with Crippen molar-refractivity contribution in [3.05, 3.63) is 66.6 Å². The molecule has 2 aliphatic rings. The molecule has 0 atom stereocenters. The van der Waals surface area contributed by atoms with E-state index in [0.717, 1.165) is 18.9 Å². The number of aromatic amines is 2. The number of nitrogens with zero attached hydrogens (tertiary/aromatic N) is 2. The summed E-state index contributed by atoms with van der Waals surface area (Å²) in [6.07, 6.45) is 2.92. The number of carbonyl (C=O) groups excluding carboxylic acids is 1. The zero-order valence-electron chi connectivity index (χ0n) is 17.2. The van der Waals surface area contributed by atoms with Gasteiger partial charge >= 0.3 is 11.7 Å². The van der Waals surface area contributed by atoms with Crippen LogP contribution in [0.1, 0.15) is 29.2 Å². The van der Waals surface area contributed by atoms with Crippen LogP contribution in [0.5, 0.6) is 5.88 Å². The summed E-state index contributed by atoms with van der Waals surface area (Å²) >= 11 is 0. The molecule has 2 aromatic heterocycles. The van der Waals surface area contributed by atoms with E-state index in [1.165, 1.54) is 6.20 Å². The zero-order chi connectivity index (χ0) is 23.3. The predicted octanol–water partition coefficient (Wildman–Crippen LogP) is 0.620. The van der Waals surface area contributed by atoms with Crippen LogP contribution < -0.4 is 31.6 Å². The maximum absolute atomic E-state index is 15.0. The number of rotatable bonds is 4. The summed E-state index contributed by atoms with van der Waals surface area (Å²) in [5.74, 6) is -4.40. The minimum Gasteiger partial charge on any atom is -0.402 e. The van der Waals surface area contributed by atoms with Crippen molar-refractivity contribution in [3.8, 4) is 5.88 Å². The van der Waals surface area contributed by atoms with Gasteiger partial charge in [0.15, 0.2) is 0 Å². The Morgan fingerprint density at radius 2 is 1.79 bits per heavy atom.